The maximum absolute atomic E-state index is 13.3. The van der Waals surface area contributed by atoms with E-state index in [1.54, 1.807) is 6.07 Å². The number of pyridine rings is 1. The lowest BCUT2D eigenvalue weighted by molar-refractivity contribution is -0.134. The summed E-state index contributed by atoms with van der Waals surface area (Å²) in [5.41, 5.74) is 6.02. The molecule has 1 aliphatic heterocycles. The molecule has 7 heteroatoms. The Morgan fingerprint density at radius 3 is 2.47 bits per heavy atom. The number of furan rings is 1. The van der Waals surface area contributed by atoms with Crippen LogP contribution in [0.2, 0.25) is 0 Å². The van der Waals surface area contributed by atoms with Gasteiger partial charge in [0, 0.05) is 38.0 Å². The molecule has 1 aliphatic rings. The third-order valence-corrected chi connectivity index (χ3v) is 5.68. The van der Waals surface area contributed by atoms with Crippen LogP contribution in [0.25, 0.3) is 22.4 Å². The molecule has 4 rings (SSSR count). The van der Waals surface area contributed by atoms with E-state index in [1.165, 1.54) is 0 Å². The summed E-state index contributed by atoms with van der Waals surface area (Å²) in [6, 6.07) is 11.4. The van der Waals surface area contributed by atoms with Crippen LogP contribution < -0.4 is 5.43 Å². The molecule has 0 spiro atoms. The number of aryl methyl sites for hydroxylation is 2. The lowest BCUT2D eigenvalue weighted by Crippen LogP contribution is -2.54. The van der Waals surface area contributed by atoms with Crippen LogP contribution in [-0.4, -0.2) is 52.9 Å². The Morgan fingerprint density at radius 2 is 1.81 bits per heavy atom. The fourth-order valence-electron chi connectivity index (χ4n) is 3.98. The number of carbonyl (C=O) groups is 2. The summed E-state index contributed by atoms with van der Waals surface area (Å²) in [6.07, 6.45) is 0.559. The van der Waals surface area contributed by atoms with Crippen molar-refractivity contribution in [2.75, 3.05) is 26.2 Å². The third kappa shape index (κ3) is 4.83. The molecule has 0 bridgehead atoms. The zero-order valence-corrected chi connectivity index (χ0v) is 19.1. The number of fused-ring (bicyclic) bond motifs is 1. The smallest absolute Gasteiger partial charge is 0.266 e. The van der Waals surface area contributed by atoms with Crippen LogP contribution in [0, 0.1) is 19.8 Å². The number of hydrazine groups is 1. The minimum absolute atomic E-state index is 0.181. The van der Waals surface area contributed by atoms with Gasteiger partial charge in [-0.25, -0.2) is 9.99 Å². The Hall–Kier alpha value is -3.19. The molecule has 1 aromatic carbocycles. The Labute approximate surface area is 188 Å². The summed E-state index contributed by atoms with van der Waals surface area (Å²) < 4.78 is 5.75. The maximum atomic E-state index is 13.3. The molecule has 32 heavy (non-hydrogen) atoms. The van der Waals surface area contributed by atoms with Crippen LogP contribution in [0.3, 0.4) is 0 Å². The molecule has 0 atom stereocenters. The molecule has 7 nitrogen and oxygen atoms in total. The number of hydrogen-bond donors (Lipinski definition) is 1. The summed E-state index contributed by atoms with van der Waals surface area (Å²) in [5, 5.41) is 2.69. The monoisotopic (exact) mass is 434 g/mol. The van der Waals surface area contributed by atoms with E-state index in [9.17, 15) is 9.59 Å². The van der Waals surface area contributed by atoms with Gasteiger partial charge in [-0.05, 0) is 50.1 Å². The van der Waals surface area contributed by atoms with Crippen molar-refractivity contribution >= 4 is 22.7 Å². The third-order valence-electron chi connectivity index (χ3n) is 5.68. The number of rotatable bonds is 5. The largest absolute Gasteiger partial charge is 0.460 e. The van der Waals surface area contributed by atoms with Crippen molar-refractivity contribution in [2.24, 2.45) is 5.92 Å². The van der Waals surface area contributed by atoms with E-state index in [4.69, 9.17) is 9.40 Å². The van der Waals surface area contributed by atoms with E-state index >= 15 is 0 Å². The Kier molecular flexibility index (Phi) is 6.28. The van der Waals surface area contributed by atoms with Crippen molar-refractivity contribution in [3.05, 3.63) is 53.3 Å². The normalized spacial score (nSPS) is 14.8. The topological polar surface area (TPSA) is 78.7 Å². The van der Waals surface area contributed by atoms with E-state index in [2.05, 4.69) is 5.43 Å². The first-order valence-electron chi connectivity index (χ1n) is 11.1. The molecular formula is C25H30N4O3. The summed E-state index contributed by atoms with van der Waals surface area (Å²) in [4.78, 5) is 32.2. The van der Waals surface area contributed by atoms with E-state index in [0.717, 1.165) is 22.2 Å². The molecule has 168 valence electrons. The van der Waals surface area contributed by atoms with Crippen LogP contribution in [0.5, 0.6) is 0 Å². The van der Waals surface area contributed by atoms with Crippen LogP contribution in [0.4, 0.5) is 0 Å². The van der Waals surface area contributed by atoms with Gasteiger partial charge in [-0.3, -0.25) is 15.0 Å². The summed E-state index contributed by atoms with van der Waals surface area (Å²) in [5.74, 6) is 1.77. The number of nitrogens with zero attached hydrogens (tertiary/aromatic N) is 3. The van der Waals surface area contributed by atoms with Gasteiger partial charge in [-0.15, -0.1) is 0 Å². The summed E-state index contributed by atoms with van der Waals surface area (Å²) >= 11 is 0. The van der Waals surface area contributed by atoms with Crippen molar-refractivity contribution in [3.63, 3.8) is 0 Å². The number of piperazine rings is 1. The lowest BCUT2D eigenvalue weighted by atomic mass is 10.0. The van der Waals surface area contributed by atoms with Gasteiger partial charge in [0.25, 0.3) is 5.91 Å². The van der Waals surface area contributed by atoms with Crippen LogP contribution in [-0.2, 0) is 4.79 Å². The van der Waals surface area contributed by atoms with Gasteiger partial charge >= 0.3 is 0 Å². The van der Waals surface area contributed by atoms with E-state index in [1.807, 2.05) is 67.9 Å². The predicted octanol–water partition coefficient (Wildman–Crippen LogP) is 3.95. The molecule has 3 aromatic rings. The molecule has 0 saturated carbocycles. The molecule has 3 heterocycles. The molecule has 0 unspecified atom stereocenters. The molecular weight excluding hydrogens is 404 g/mol. The summed E-state index contributed by atoms with van der Waals surface area (Å²) in [6.45, 7) is 10.4. The zero-order chi connectivity index (χ0) is 22.8. The summed E-state index contributed by atoms with van der Waals surface area (Å²) in [7, 11) is 0. The second-order valence-electron chi connectivity index (χ2n) is 8.89. The van der Waals surface area contributed by atoms with Crippen molar-refractivity contribution in [2.45, 2.75) is 34.1 Å². The van der Waals surface area contributed by atoms with Crippen LogP contribution in [0.15, 0.2) is 40.8 Å². The average molecular weight is 435 g/mol. The Balaban J connectivity index is 1.54. The molecule has 2 aromatic heterocycles. The molecule has 0 radical (unpaired) electrons. The quantitative estimate of drug-likeness (QED) is 0.658. The SMILES string of the molecule is Cc1ccc2nc(-c3ccc(C)o3)cc(C(=O)NN3CCN(C(=O)CC(C)C)CC3)c2c1. The minimum Gasteiger partial charge on any atom is -0.460 e. The van der Waals surface area contributed by atoms with Gasteiger partial charge < -0.3 is 9.32 Å². The highest BCUT2D eigenvalue weighted by molar-refractivity contribution is 6.07. The van der Waals surface area contributed by atoms with Crippen molar-refractivity contribution in [3.8, 4) is 11.5 Å². The second kappa shape index (κ2) is 9.12. The van der Waals surface area contributed by atoms with Crippen molar-refractivity contribution in [1.29, 1.82) is 0 Å². The first kappa shape index (κ1) is 22.0. The minimum atomic E-state index is -0.186. The molecule has 1 fully saturated rings. The number of carbonyl (C=O) groups excluding carboxylic acids is 2. The van der Waals surface area contributed by atoms with E-state index in [-0.39, 0.29) is 11.8 Å². The maximum Gasteiger partial charge on any atom is 0.266 e. The molecule has 1 saturated heterocycles. The highest BCUT2D eigenvalue weighted by Crippen LogP contribution is 2.27. The highest BCUT2D eigenvalue weighted by Gasteiger charge is 2.24. The van der Waals surface area contributed by atoms with Crippen molar-refractivity contribution < 1.29 is 14.0 Å². The first-order valence-corrected chi connectivity index (χ1v) is 11.1. The fraction of sp³-hybridized carbons (Fsp3) is 0.400. The number of amides is 2. The number of nitrogens with one attached hydrogen (secondary N) is 1. The van der Waals surface area contributed by atoms with E-state index in [0.29, 0.717) is 55.5 Å². The van der Waals surface area contributed by atoms with Gasteiger partial charge in [0.05, 0.1) is 11.1 Å². The van der Waals surface area contributed by atoms with Crippen molar-refractivity contribution in [1.82, 2.24) is 20.3 Å². The van der Waals surface area contributed by atoms with Crippen LogP contribution in [0.1, 0.15) is 41.9 Å². The molecule has 0 aliphatic carbocycles. The average Bonchev–Trinajstić information content (AvgIpc) is 3.19. The molecule has 1 N–H and O–H groups in total. The number of benzene rings is 1. The Morgan fingerprint density at radius 1 is 1.06 bits per heavy atom. The number of aromatic nitrogens is 1. The lowest BCUT2D eigenvalue weighted by Gasteiger charge is -2.35. The first-order chi connectivity index (χ1) is 15.3. The second-order valence-corrected chi connectivity index (χ2v) is 8.89. The van der Waals surface area contributed by atoms with Gasteiger partial charge in [0.1, 0.15) is 11.5 Å². The van der Waals surface area contributed by atoms with E-state index < -0.39 is 0 Å². The van der Waals surface area contributed by atoms with Gasteiger partial charge in [-0.2, -0.15) is 0 Å². The predicted molar refractivity (Wildman–Crippen MR) is 124 cm³/mol. The standard InChI is InChI=1S/C25H30N4O3/c1-16(2)13-24(30)28-9-11-29(12-10-28)27-25(31)20-15-22(23-8-6-18(4)32-23)26-21-7-5-17(3)14-19(20)21/h5-8,14-16H,9-13H2,1-4H3,(H,27,31). The van der Waals surface area contributed by atoms with Gasteiger partial charge in [0.15, 0.2) is 5.76 Å². The highest BCUT2D eigenvalue weighted by atomic mass is 16.3. The number of hydrogen-bond acceptors (Lipinski definition) is 5. The zero-order valence-electron chi connectivity index (χ0n) is 19.1. The Bertz CT molecular complexity index is 1140. The fourth-order valence-corrected chi connectivity index (χ4v) is 3.98. The van der Waals surface area contributed by atoms with Crippen LogP contribution >= 0.6 is 0 Å². The van der Waals surface area contributed by atoms with Gasteiger partial charge in [-0.1, -0.05) is 25.5 Å². The van der Waals surface area contributed by atoms with Gasteiger partial charge in [0.2, 0.25) is 5.91 Å². The molecule has 2 amide bonds.